The Morgan fingerprint density at radius 3 is 2.86 bits per heavy atom. The normalized spacial score (nSPS) is 10.6. The fourth-order valence-electron chi connectivity index (χ4n) is 2.13. The van der Waals surface area contributed by atoms with Crippen molar-refractivity contribution in [2.24, 2.45) is 0 Å². The minimum atomic E-state index is -0.0914. The first-order valence-corrected chi connectivity index (χ1v) is 7.83. The standard InChI is InChI=1S/C15H17ClN2O2S/c1-4-15(19)18(8-13-7-12(16)9-21-13)6-5-14-10(2)17-20-11(14)3/h4,7,9H,1,5-6,8H2,2-3H3. The van der Waals surface area contributed by atoms with Crippen LogP contribution in [0.4, 0.5) is 0 Å². The van der Waals surface area contributed by atoms with Gasteiger partial charge in [0.2, 0.25) is 5.91 Å². The maximum Gasteiger partial charge on any atom is 0.246 e. The molecule has 0 atom stereocenters. The Hall–Kier alpha value is -1.59. The Labute approximate surface area is 133 Å². The topological polar surface area (TPSA) is 46.3 Å². The molecule has 1 amide bonds. The van der Waals surface area contributed by atoms with E-state index in [4.69, 9.17) is 16.1 Å². The monoisotopic (exact) mass is 324 g/mol. The predicted molar refractivity (Wildman–Crippen MR) is 84.6 cm³/mol. The van der Waals surface area contributed by atoms with Crippen molar-refractivity contribution in [3.8, 4) is 0 Å². The van der Waals surface area contributed by atoms with Crippen LogP contribution in [0, 0.1) is 13.8 Å². The molecule has 0 unspecified atom stereocenters. The molecular formula is C15H17ClN2O2S. The summed E-state index contributed by atoms with van der Waals surface area (Å²) >= 11 is 7.47. The second-order valence-electron chi connectivity index (χ2n) is 4.75. The Morgan fingerprint density at radius 2 is 2.33 bits per heavy atom. The van der Waals surface area contributed by atoms with E-state index in [2.05, 4.69) is 11.7 Å². The van der Waals surface area contributed by atoms with Crippen molar-refractivity contribution < 1.29 is 9.32 Å². The summed E-state index contributed by atoms with van der Waals surface area (Å²) in [5.74, 6) is 0.712. The van der Waals surface area contributed by atoms with Crippen molar-refractivity contribution in [1.82, 2.24) is 10.1 Å². The summed E-state index contributed by atoms with van der Waals surface area (Å²) in [5.41, 5.74) is 1.93. The van der Waals surface area contributed by atoms with Crippen LogP contribution in [0.15, 0.2) is 28.6 Å². The third-order valence-corrected chi connectivity index (χ3v) is 4.54. The van der Waals surface area contributed by atoms with Gasteiger partial charge < -0.3 is 9.42 Å². The molecule has 2 aromatic heterocycles. The predicted octanol–water partition coefficient (Wildman–Crippen LogP) is 3.76. The number of hydrogen-bond donors (Lipinski definition) is 0. The Bertz CT molecular complexity index is 628. The highest BCUT2D eigenvalue weighted by Crippen LogP contribution is 2.21. The van der Waals surface area contributed by atoms with E-state index in [1.807, 2.05) is 25.3 Å². The number of carbonyl (C=O) groups is 1. The van der Waals surface area contributed by atoms with Crippen molar-refractivity contribution in [3.63, 3.8) is 0 Å². The zero-order valence-electron chi connectivity index (χ0n) is 12.1. The van der Waals surface area contributed by atoms with E-state index in [0.29, 0.717) is 24.5 Å². The van der Waals surface area contributed by atoms with Gasteiger partial charge in [-0.05, 0) is 32.4 Å². The van der Waals surface area contributed by atoms with Gasteiger partial charge in [0.25, 0.3) is 0 Å². The molecule has 0 aromatic carbocycles. The molecule has 0 N–H and O–H groups in total. The molecule has 0 bridgehead atoms. The zero-order valence-corrected chi connectivity index (χ0v) is 13.6. The van der Waals surface area contributed by atoms with Gasteiger partial charge in [-0.25, -0.2) is 0 Å². The highest BCUT2D eigenvalue weighted by molar-refractivity contribution is 7.10. The van der Waals surface area contributed by atoms with Gasteiger partial charge in [-0.1, -0.05) is 23.3 Å². The lowest BCUT2D eigenvalue weighted by molar-refractivity contribution is -0.126. The number of aryl methyl sites for hydroxylation is 2. The van der Waals surface area contributed by atoms with Crippen LogP contribution >= 0.6 is 22.9 Å². The summed E-state index contributed by atoms with van der Waals surface area (Å²) in [6, 6.07) is 1.88. The SMILES string of the molecule is C=CC(=O)N(CCc1c(C)noc1C)Cc1cc(Cl)cs1. The second-order valence-corrected chi connectivity index (χ2v) is 6.18. The molecule has 0 saturated heterocycles. The van der Waals surface area contributed by atoms with Crippen molar-refractivity contribution in [2.45, 2.75) is 26.8 Å². The number of nitrogens with zero attached hydrogens (tertiary/aromatic N) is 2. The van der Waals surface area contributed by atoms with Gasteiger partial charge in [0.15, 0.2) is 0 Å². The first-order valence-electron chi connectivity index (χ1n) is 6.57. The summed E-state index contributed by atoms with van der Waals surface area (Å²) in [5, 5.41) is 6.50. The molecule has 2 aromatic rings. The summed E-state index contributed by atoms with van der Waals surface area (Å²) in [7, 11) is 0. The summed E-state index contributed by atoms with van der Waals surface area (Å²) < 4.78 is 5.15. The van der Waals surface area contributed by atoms with Crippen LogP contribution in [-0.2, 0) is 17.8 Å². The van der Waals surface area contributed by atoms with Crippen LogP contribution in [0.25, 0.3) is 0 Å². The summed E-state index contributed by atoms with van der Waals surface area (Å²) in [4.78, 5) is 14.8. The highest BCUT2D eigenvalue weighted by Gasteiger charge is 2.15. The molecular weight excluding hydrogens is 308 g/mol. The number of amides is 1. The molecule has 0 aliphatic rings. The number of hydrogen-bond acceptors (Lipinski definition) is 4. The molecule has 0 saturated carbocycles. The molecule has 0 spiro atoms. The molecule has 4 nitrogen and oxygen atoms in total. The number of thiophene rings is 1. The molecule has 2 heterocycles. The first kappa shape index (κ1) is 15.8. The molecule has 0 aliphatic heterocycles. The van der Waals surface area contributed by atoms with Crippen molar-refractivity contribution in [3.05, 3.63) is 51.0 Å². The molecule has 112 valence electrons. The van der Waals surface area contributed by atoms with E-state index < -0.39 is 0 Å². The molecule has 0 aliphatic carbocycles. The largest absolute Gasteiger partial charge is 0.361 e. The fourth-order valence-corrected chi connectivity index (χ4v) is 3.21. The number of halogens is 1. The first-order chi connectivity index (χ1) is 10.0. The van der Waals surface area contributed by atoms with Crippen LogP contribution in [0.3, 0.4) is 0 Å². The maximum atomic E-state index is 12.0. The lowest BCUT2D eigenvalue weighted by atomic mass is 10.1. The lowest BCUT2D eigenvalue weighted by Gasteiger charge is -2.20. The minimum absolute atomic E-state index is 0.0914. The van der Waals surface area contributed by atoms with Gasteiger partial charge in [0, 0.05) is 22.4 Å². The summed E-state index contributed by atoms with van der Waals surface area (Å²) in [6.07, 6.45) is 2.04. The van der Waals surface area contributed by atoms with Crippen LogP contribution in [-0.4, -0.2) is 22.5 Å². The highest BCUT2D eigenvalue weighted by atomic mass is 35.5. The van der Waals surface area contributed by atoms with E-state index in [9.17, 15) is 4.79 Å². The smallest absolute Gasteiger partial charge is 0.246 e. The van der Waals surface area contributed by atoms with E-state index in [-0.39, 0.29) is 5.91 Å². The summed E-state index contributed by atoms with van der Waals surface area (Å²) in [6.45, 7) is 8.47. The third-order valence-electron chi connectivity index (χ3n) is 3.27. The van der Waals surface area contributed by atoms with Crippen LogP contribution < -0.4 is 0 Å². The molecule has 0 fully saturated rings. The van der Waals surface area contributed by atoms with Gasteiger partial charge in [-0.15, -0.1) is 11.3 Å². The Kier molecular flexibility index (Phi) is 5.20. The van der Waals surface area contributed by atoms with Crippen LogP contribution in [0.2, 0.25) is 5.02 Å². The quantitative estimate of drug-likeness (QED) is 0.760. The average molecular weight is 325 g/mol. The maximum absolute atomic E-state index is 12.0. The van der Waals surface area contributed by atoms with E-state index in [1.54, 1.807) is 16.2 Å². The lowest BCUT2D eigenvalue weighted by Crippen LogP contribution is -2.30. The molecule has 0 radical (unpaired) electrons. The molecule has 21 heavy (non-hydrogen) atoms. The van der Waals surface area contributed by atoms with Crippen molar-refractivity contribution >= 4 is 28.8 Å². The van der Waals surface area contributed by atoms with Crippen LogP contribution in [0.1, 0.15) is 21.9 Å². The van der Waals surface area contributed by atoms with Crippen LogP contribution in [0.5, 0.6) is 0 Å². The number of carbonyl (C=O) groups excluding carboxylic acids is 1. The third kappa shape index (κ3) is 3.95. The van der Waals surface area contributed by atoms with Gasteiger partial charge >= 0.3 is 0 Å². The average Bonchev–Trinajstić information content (AvgIpc) is 3.01. The van der Waals surface area contributed by atoms with Gasteiger partial charge in [-0.3, -0.25) is 4.79 Å². The molecule has 6 heteroatoms. The van der Waals surface area contributed by atoms with Gasteiger partial charge in [0.05, 0.1) is 17.3 Å². The Balaban J connectivity index is 2.06. The fraction of sp³-hybridized carbons (Fsp3) is 0.333. The second kappa shape index (κ2) is 6.91. The van der Waals surface area contributed by atoms with E-state index in [0.717, 1.165) is 21.9 Å². The van der Waals surface area contributed by atoms with E-state index >= 15 is 0 Å². The van der Waals surface area contributed by atoms with Crippen molar-refractivity contribution in [1.29, 1.82) is 0 Å². The minimum Gasteiger partial charge on any atom is -0.361 e. The van der Waals surface area contributed by atoms with Gasteiger partial charge in [-0.2, -0.15) is 0 Å². The van der Waals surface area contributed by atoms with E-state index in [1.165, 1.54) is 6.08 Å². The Morgan fingerprint density at radius 1 is 1.57 bits per heavy atom. The van der Waals surface area contributed by atoms with Gasteiger partial charge in [0.1, 0.15) is 5.76 Å². The number of aromatic nitrogens is 1. The number of rotatable bonds is 6. The molecule has 2 rings (SSSR count). The zero-order chi connectivity index (χ0) is 15.4. The van der Waals surface area contributed by atoms with Crippen molar-refractivity contribution in [2.75, 3.05) is 6.54 Å².